The van der Waals surface area contributed by atoms with E-state index < -0.39 is 38.6 Å². The Balaban J connectivity index is 4.47. The lowest BCUT2D eigenvalue weighted by molar-refractivity contribution is -0.124. The zero-order valence-electron chi connectivity index (χ0n) is 28.7. The fourth-order valence-corrected chi connectivity index (χ4v) is 5.81. The number of carbonyl (C=O) groups excluding carboxylic acids is 1. The number of amides is 1. The van der Waals surface area contributed by atoms with Gasteiger partial charge in [-0.05, 0) is 44.9 Å². The number of aliphatic hydroxyl groups is 2. The summed E-state index contributed by atoms with van der Waals surface area (Å²) < 4.78 is 21.9. The van der Waals surface area contributed by atoms with Crippen LogP contribution in [0.25, 0.3) is 0 Å². The van der Waals surface area contributed by atoms with Gasteiger partial charge in [0.2, 0.25) is 5.91 Å². The fraction of sp³-hybridized carbons (Fsp3) is 0.857. The van der Waals surface area contributed by atoms with Crippen molar-refractivity contribution in [3.8, 4) is 0 Å². The van der Waals surface area contributed by atoms with Gasteiger partial charge in [0.1, 0.15) is 0 Å². The van der Waals surface area contributed by atoms with E-state index >= 15 is 0 Å². The molecule has 0 aliphatic rings. The summed E-state index contributed by atoms with van der Waals surface area (Å²) in [5, 5.41) is 23.8. The summed E-state index contributed by atoms with van der Waals surface area (Å²) in [6.45, 7) is 3.90. The van der Waals surface area contributed by atoms with Crippen molar-refractivity contribution in [3.05, 3.63) is 24.3 Å². The number of hydrogen-bond acceptors (Lipinski definition) is 7. The summed E-state index contributed by atoms with van der Waals surface area (Å²) in [5.41, 5.74) is 5.33. The summed E-state index contributed by atoms with van der Waals surface area (Å²) in [7, 11) is -4.39. The zero-order chi connectivity index (χ0) is 33.4. The highest BCUT2D eigenvalue weighted by atomic mass is 31.2. The molecule has 0 rings (SSSR count). The van der Waals surface area contributed by atoms with Crippen LogP contribution in [0.3, 0.4) is 0 Å². The molecule has 0 radical (unpaired) electrons. The number of allylic oxidation sites excluding steroid dienone is 3. The molecule has 6 N–H and O–H groups in total. The highest BCUT2D eigenvalue weighted by molar-refractivity contribution is 7.47. The van der Waals surface area contributed by atoms with Crippen LogP contribution in [-0.2, 0) is 18.4 Å². The van der Waals surface area contributed by atoms with Crippen LogP contribution < -0.4 is 11.1 Å². The number of rotatable bonds is 33. The number of phosphoric ester groups is 1. The molecule has 9 nitrogen and oxygen atoms in total. The van der Waals surface area contributed by atoms with Gasteiger partial charge in [-0.1, -0.05) is 128 Å². The zero-order valence-corrected chi connectivity index (χ0v) is 29.6. The van der Waals surface area contributed by atoms with Gasteiger partial charge in [0.25, 0.3) is 0 Å². The molecule has 0 aromatic heterocycles. The average Bonchev–Trinajstić information content (AvgIpc) is 3.01. The Labute approximate surface area is 275 Å². The third-order valence-corrected chi connectivity index (χ3v) is 8.81. The van der Waals surface area contributed by atoms with Crippen LogP contribution in [0.15, 0.2) is 24.3 Å². The molecule has 0 spiro atoms. The first kappa shape index (κ1) is 43.9. The Kier molecular flexibility index (Phi) is 30.8. The average molecular weight is 661 g/mol. The summed E-state index contributed by atoms with van der Waals surface area (Å²) in [6.07, 6.45) is 29.8. The minimum absolute atomic E-state index is 0.0483. The van der Waals surface area contributed by atoms with Gasteiger partial charge in [-0.15, -0.1) is 0 Å². The van der Waals surface area contributed by atoms with Crippen molar-refractivity contribution in [2.24, 2.45) is 5.73 Å². The van der Waals surface area contributed by atoms with Crippen LogP contribution in [0.2, 0.25) is 0 Å². The number of hydrogen-bond donors (Lipinski definition) is 5. The lowest BCUT2D eigenvalue weighted by Crippen LogP contribution is -2.46. The van der Waals surface area contributed by atoms with E-state index in [0.717, 1.165) is 51.4 Å². The maximum absolute atomic E-state index is 12.7. The Morgan fingerprint density at radius 2 is 1.24 bits per heavy atom. The lowest BCUT2D eigenvalue weighted by Gasteiger charge is -2.24. The molecule has 0 fully saturated rings. The molecule has 0 aromatic rings. The Hall–Kier alpha value is -1.06. The summed E-state index contributed by atoms with van der Waals surface area (Å²) in [5.74, 6) is -0.455. The summed E-state index contributed by atoms with van der Waals surface area (Å²) in [4.78, 5) is 22.6. The first-order chi connectivity index (χ1) is 21.8. The van der Waals surface area contributed by atoms with Crippen LogP contribution >= 0.6 is 7.82 Å². The van der Waals surface area contributed by atoms with Crippen molar-refractivity contribution in [1.29, 1.82) is 0 Å². The van der Waals surface area contributed by atoms with Gasteiger partial charge in [0, 0.05) is 6.54 Å². The van der Waals surface area contributed by atoms with Gasteiger partial charge in [0.15, 0.2) is 0 Å². The largest absolute Gasteiger partial charge is 0.472 e. The number of nitrogens with one attached hydrogen (secondary N) is 1. The van der Waals surface area contributed by atoms with Crippen LogP contribution in [0.1, 0.15) is 155 Å². The second-order valence-corrected chi connectivity index (χ2v) is 13.7. The maximum Gasteiger partial charge on any atom is 0.472 e. The van der Waals surface area contributed by atoms with Crippen molar-refractivity contribution in [2.45, 2.75) is 173 Å². The normalized spacial score (nSPS) is 15.4. The van der Waals surface area contributed by atoms with E-state index in [4.69, 9.17) is 14.8 Å². The minimum atomic E-state index is -4.39. The Bertz CT molecular complexity index is 781. The molecular formula is C35H69N2O7P. The fourth-order valence-electron chi connectivity index (χ4n) is 5.05. The molecule has 0 saturated heterocycles. The molecule has 0 saturated carbocycles. The maximum atomic E-state index is 12.7. The standard InChI is InChI=1S/C35H69N2O7P/c1-3-5-7-9-11-13-15-16-17-18-20-22-24-26-32(38)30-35(40)37-33(31-44-45(41,42)43-29-28-36)34(39)27-25-23-21-19-14-12-10-8-6-4-2/h13,15,25,27,32-34,38-39H,3-12,14,16-24,26,28-31,36H2,1-2H3,(H,37,40)(H,41,42)/b15-13-,27-25+. The summed E-state index contributed by atoms with van der Waals surface area (Å²) in [6, 6.07) is -0.980. The van der Waals surface area contributed by atoms with Crippen molar-refractivity contribution >= 4 is 13.7 Å². The quantitative estimate of drug-likeness (QED) is 0.0270. The smallest absolute Gasteiger partial charge is 0.393 e. The van der Waals surface area contributed by atoms with E-state index in [1.165, 1.54) is 77.0 Å². The first-order valence-corrected chi connectivity index (χ1v) is 19.5. The molecule has 4 unspecified atom stereocenters. The van der Waals surface area contributed by atoms with E-state index in [2.05, 4.69) is 31.3 Å². The van der Waals surface area contributed by atoms with E-state index in [9.17, 15) is 24.5 Å². The molecule has 266 valence electrons. The predicted molar refractivity (Wildman–Crippen MR) is 186 cm³/mol. The van der Waals surface area contributed by atoms with E-state index in [0.29, 0.717) is 6.42 Å². The van der Waals surface area contributed by atoms with Gasteiger partial charge < -0.3 is 26.2 Å². The van der Waals surface area contributed by atoms with E-state index in [1.807, 2.05) is 6.08 Å². The topological polar surface area (TPSA) is 151 Å². The minimum Gasteiger partial charge on any atom is -0.393 e. The van der Waals surface area contributed by atoms with Crippen molar-refractivity contribution in [2.75, 3.05) is 19.8 Å². The first-order valence-electron chi connectivity index (χ1n) is 18.0. The number of carbonyl (C=O) groups is 1. The van der Waals surface area contributed by atoms with Crippen LogP contribution in [0.5, 0.6) is 0 Å². The van der Waals surface area contributed by atoms with Gasteiger partial charge in [0.05, 0.1) is 37.9 Å². The monoisotopic (exact) mass is 660 g/mol. The molecular weight excluding hydrogens is 591 g/mol. The van der Waals surface area contributed by atoms with Gasteiger partial charge >= 0.3 is 7.82 Å². The van der Waals surface area contributed by atoms with Crippen LogP contribution in [0, 0.1) is 0 Å². The Morgan fingerprint density at radius 1 is 0.756 bits per heavy atom. The molecule has 0 aliphatic heterocycles. The number of unbranched alkanes of at least 4 members (excludes halogenated alkanes) is 17. The third kappa shape index (κ3) is 30.0. The van der Waals surface area contributed by atoms with Crippen LogP contribution in [0.4, 0.5) is 0 Å². The lowest BCUT2D eigenvalue weighted by atomic mass is 10.0. The molecule has 45 heavy (non-hydrogen) atoms. The van der Waals surface area contributed by atoms with Gasteiger partial charge in [-0.25, -0.2) is 4.57 Å². The van der Waals surface area contributed by atoms with Crippen molar-refractivity contribution in [1.82, 2.24) is 5.32 Å². The SMILES string of the molecule is CCCCCC/C=C\CCCCCCCC(O)CC(=O)NC(COP(=O)(O)OCCN)C(O)/C=C/CCCCCCCCCC. The second-order valence-electron chi connectivity index (χ2n) is 12.3. The molecule has 0 heterocycles. The summed E-state index contributed by atoms with van der Waals surface area (Å²) >= 11 is 0. The third-order valence-electron chi connectivity index (χ3n) is 7.83. The van der Waals surface area contributed by atoms with Gasteiger partial charge in [-0.3, -0.25) is 13.8 Å². The van der Waals surface area contributed by atoms with E-state index in [1.54, 1.807) is 6.08 Å². The van der Waals surface area contributed by atoms with Gasteiger partial charge in [-0.2, -0.15) is 0 Å². The molecule has 0 bridgehead atoms. The molecule has 4 atom stereocenters. The molecule has 1 amide bonds. The number of aliphatic hydroxyl groups excluding tert-OH is 2. The highest BCUT2D eigenvalue weighted by Gasteiger charge is 2.27. The van der Waals surface area contributed by atoms with E-state index in [-0.39, 0.29) is 19.6 Å². The number of nitrogens with two attached hydrogens (primary N) is 1. The molecule has 10 heteroatoms. The number of phosphoric acid groups is 1. The molecule has 0 aliphatic carbocycles. The second kappa shape index (κ2) is 31.5. The predicted octanol–water partition coefficient (Wildman–Crippen LogP) is 8.02. The van der Waals surface area contributed by atoms with Crippen LogP contribution in [-0.4, -0.2) is 59.0 Å². The Morgan fingerprint density at radius 3 is 1.80 bits per heavy atom. The highest BCUT2D eigenvalue weighted by Crippen LogP contribution is 2.43. The van der Waals surface area contributed by atoms with Crippen molar-refractivity contribution in [3.63, 3.8) is 0 Å². The molecule has 0 aromatic carbocycles. The van der Waals surface area contributed by atoms with Crippen molar-refractivity contribution < 1.29 is 33.5 Å².